The molecule has 10 rings (SSSR count). The lowest BCUT2D eigenvalue weighted by Gasteiger charge is -2.43. The fourth-order valence-electron chi connectivity index (χ4n) is 9.78. The third-order valence-corrected chi connectivity index (χ3v) is 16.4. The smallest absolute Gasteiger partial charge is 0.444 e. The molecule has 2 atom stereocenters. The fourth-order valence-corrected chi connectivity index (χ4v) is 12.5. The minimum atomic E-state index is -1.48. The molecule has 5 N–H and O–H groups in total. The summed E-state index contributed by atoms with van der Waals surface area (Å²) in [6, 6.07) is 31.9. The molecule has 2 fully saturated rings. The van der Waals surface area contributed by atoms with Crippen LogP contribution in [-0.4, -0.2) is 65.0 Å². The maximum absolute atomic E-state index is 12.6. The van der Waals surface area contributed by atoms with Gasteiger partial charge in [-0.2, -0.15) is 0 Å². The van der Waals surface area contributed by atoms with E-state index in [1.165, 1.54) is 22.3 Å². The van der Waals surface area contributed by atoms with E-state index in [-0.39, 0.29) is 36.4 Å². The lowest BCUT2D eigenvalue weighted by atomic mass is 9.73. The van der Waals surface area contributed by atoms with Crippen molar-refractivity contribution in [3.8, 4) is 10.4 Å². The number of aromatic nitrogens is 2. The van der Waals surface area contributed by atoms with Gasteiger partial charge in [0.05, 0.1) is 20.9 Å². The Morgan fingerprint density at radius 2 is 1.29 bits per heavy atom. The van der Waals surface area contributed by atoms with Gasteiger partial charge in [0.15, 0.2) is 10.3 Å². The van der Waals surface area contributed by atoms with Crippen LogP contribution >= 0.6 is 61.8 Å². The molecule has 6 aromatic rings. The predicted molar refractivity (Wildman–Crippen MR) is 277 cm³/mol. The van der Waals surface area contributed by atoms with Gasteiger partial charge in [-0.3, -0.25) is 0 Å². The van der Waals surface area contributed by atoms with Crippen molar-refractivity contribution in [1.82, 2.24) is 15.3 Å². The van der Waals surface area contributed by atoms with Gasteiger partial charge in [0.25, 0.3) is 0 Å². The molecule has 16 heteroatoms. The highest BCUT2D eigenvalue weighted by Gasteiger charge is 2.49. The second-order valence-corrected chi connectivity index (χ2v) is 22.5. The minimum Gasteiger partial charge on any atom is -0.444 e. The Bertz CT molecular complexity index is 2590. The average molecular weight is 1030 g/mol. The van der Waals surface area contributed by atoms with Crippen molar-refractivity contribution in [2.45, 2.75) is 84.4 Å². The molecular weight excluding hydrogens is 974 g/mol. The summed E-state index contributed by atoms with van der Waals surface area (Å²) in [5, 5.41) is 23.9. The number of carbonyl (C=O) groups excluding carboxylic acids is 1. The molecule has 2 aliphatic carbocycles. The number of nitrogens with two attached hydrogens (primary N) is 1. The summed E-state index contributed by atoms with van der Waals surface area (Å²) >= 11 is 18.9. The van der Waals surface area contributed by atoms with Crippen molar-refractivity contribution in [3.63, 3.8) is 0 Å². The highest BCUT2D eigenvalue weighted by Crippen LogP contribution is 2.53. The Hall–Kier alpha value is -3.99. The van der Waals surface area contributed by atoms with Gasteiger partial charge in [-0.1, -0.05) is 138 Å². The van der Waals surface area contributed by atoms with Crippen LogP contribution in [0.1, 0.15) is 88.2 Å². The third kappa shape index (κ3) is 11.1. The van der Waals surface area contributed by atoms with E-state index in [9.17, 15) is 4.79 Å². The molecule has 2 aliphatic heterocycles. The second-order valence-electron chi connectivity index (χ2n) is 18.3. The number of piperidine rings is 2. The van der Waals surface area contributed by atoms with Gasteiger partial charge in [-0.15, -0.1) is 0 Å². The first kappa shape index (κ1) is 49.9. The molecule has 4 heterocycles. The van der Waals surface area contributed by atoms with Crippen LogP contribution in [0.2, 0.25) is 10.0 Å². The van der Waals surface area contributed by atoms with Crippen LogP contribution in [-0.2, 0) is 17.6 Å². The van der Waals surface area contributed by atoms with Crippen molar-refractivity contribution in [3.05, 3.63) is 146 Å². The number of alkyl carbamates (subject to hydrolysis) is 1. The molecule has 0 saturated carbocycles. The number of thiazole rings is 2. The Kier molecular flexibility index (Phi) is 16.0. The zero-order valence-corrected chi connectivity index (χ0v) is 41.5. The summed E-state index contributed by atoms with van der Waals surface area (Å²) in [5.41, 5.74) is 13.2. The third-order valence-electron chi connectivity index (χ3n) is 13.1. The highest BCUT2D eigenvalue weighted by atomic mass is 79.9. The number of rotatable bonds is 5. The topological polar surface area (TPSA) is 137 Å². The molecular formula is C50H58BBrCl2N6O4S2. The quantitative estimate of drug-likeness (QED) is 0.124. The molecule has 2 aromatic heterocycles. The van der Waals surface area contributed by atoms with Gasteiger partial charge in [0, 0.05) is 64.9 Å². The van der Waals surface area contributed by atoms with Gasteiger partial charge in [-0.25, -0.2) is 14.8 Å². The normalized spacial score (nSPS) is 18.8. The lowest BCUT2D eigenvalue weighted by molar-refractivity contribution is 0.0428. The van der Waals surface area contributed by atoms with Crippen molar-refractivity contribution in [2.24, 2.45) is 16.6 Å². The Balaban J connectivity index is 0.000000161. The Morgan fingerprint density at radius 1 is 0.773 bits per heavy atom. The zero-order chi connectivity index (χ0) is 45.9. The summed E-state index contributed by atoms with van der Waals surface area (Å²) in [4.78, 5) is 27.7. The molecule has 4 aromatic carbocycles. The largest absolute Gasteiger partial charge is 0.489 e. The number of fused-ring (bicyclic) bond motifs is 2. The molecule has 0 bridgehead atoms. The first-order valence-electron chi connectivity index (χ1n) is 22.0. The molecule has 0 radical (unpaired) electrons. The van der Waals surface area contributed by atoms with Crippen LogP contribution < -0.4 is 26.3 Å². The van der Waals surface area contributed by atoms with E-state index in [1.807, 2.05) is 51.4 Å². The van der Waals surface area contributed by atoms with Gasteiger partial charge in [0.1, 0.15) is 5.60 Å². The monoisotopic (exact) mass is 1030 g/mol. The molecule has 10 nitrogen and oxygen atoms in total. The van der Waals surface area contributed by atoms with E-state index < -0.39 is 12.7 Å². The summed E-state index contributed by atoms with van der Waals surface area (Å²) < 4.78 is 6.62. The average Bonchev–Trinajstić information content (AvgIpc) is 4.07. The van der Waals surface area contributed by atoms with Crippen LogP contribution in [0, 0.1) is 10.8 Å². The number of benzene rings is 4. The van der Waals surface area contributed by atoms with Gasteiger partial charge >= 0.3 is 13.2 Å². The molecule has 0 unspecified atom stereocenters. The van der Waals surface area contributed by atoms with Crippen molar-refractivity contribution >= 4 is 90.7 Å². The van der Waals surface area contributed by atoms with E-state index in [2.05, 4.69) is 95.6 Å². The number of amides is 1. The van der Waals surface area contributed by atoms with Crippen LogP contribution in [0.15, 0.2) is 113 Å². The van der Waals surface area contributed by atoms with Crippen LogP contribution in [0.3, 0.4) is 0 Å². The van der Waals surface area contributed by atoms with E-state index >= 15 is 0 Å². The molecule has 1 amide bonds. The van der Waals surface area contributed by atoms with Crippen LogP contribution in [0.25, 0.3) is 10.4 Å². The zero-order valence-electron chi connectivity index (χ0n) is 36.7. The second kappa shape index (κ2) is 21.1. The number of nitrogens with one attached hydrogen (secondary N) is 1. The van der Waals surface area contributed by atoms with Gasteiger partial charge < -0.3 is 35.6 Å². The van der Waals surface area contributed by atoms with E-state index in [0.29, 0.717) is 10.5 Å². The summed E-state index contributed by atoms with van der Waals surface area (Å²) in [5.74, 6) is 0. The molecule has 348 valence electrons. The highest BCUT2D eigenvalue weighted by molar-refractivity contribution is 9.11. The summed E-state index contributed by atoms with van der Waals surface area (Å²) in [6.07, 6.45) is 9.84. The molecule has 66 heavy (non-hydrogen) atoms. The maximum atomic E-state index is 12.6. The van der Waals surface area contributed by atoms with Gasteiger partial charge in [-0.05, 0) is 115 Å². The Labute approximate surface area is 415 Å². The Morgan fingerprint density at radius 3 is 1.85 bits per heavy atom. The maximum Gasteiger partial charge on any atom is 0.489 e. The molecule has 2 spiro atoms. The van der Waals surface area contributed by atoms with Crippen molar-refractivity contribution < 1.29 is 19.6 Å². The SMILES string of the molecule is C.CC(C)(C)OC(=O)N[C@@H]1c2ccccc2CC12CCN(c1ncc(Br)s1)CC2.N[C@@H]1c2ccccc2CC12CCN(c1ncc(-c3ccccc3Cl)s1)CC2.OB(O)c1ccccc1Cl. The lowest BCUT2D eigenvalue weighted by Crippen LogP contribution is -2.47. The number of hydrogen-bond donors (Lipinski definition) is 4. The number of ether oxygens (including phenoxy) is 1. The standard InChI is InChI=1S/C22H22ClN3S.C21H26BrN3O2S.C6H6BClO2.CH4/c23-18-8-4-3-7-17(18)19-14-25-21(27-19)26-11-9-22(10-12-26)13-15-5-1-2-6-16(15)20(22)24;1-20(2,3)27-19(26)24-17-15-7-5-4-6-14(15)12-21(17)8-10-25(11-9-21)18-23-13-16(22)28-18;8-6-4-2-1-3-5(6)7(9)10;/h1-8,14,20H,9-13,24H2;4-7,13,17H,8-12H2,1-3H3,(H,24,26);1-4,9-10H;1H4/t20-;17-;;/m11../s1. The number of carbonyl (C=O) groups is 1. The number of anilines is 2. The first-order valence-corrected chi connectivity index (χ1v) is 25.2. The van der Waals surface area contributed by atoms with Crippen LogP contribution in [0.5, 0.6) is 0 Å². The number of nitrogens with zero attached hydrogens (tertiary/aromatic N) is 4. The van der Waals surface area contributed by atoms with E-state index in [0.717, 1.165) is 94.2 Å². The van der Waals surface area contributed by atoms with Gasteiger partial charge in [0.2, 0.25) is 0 Å². The van der Waals surface area contributed by atoms with E-state index in [1.54, 1.807) is 46.9 Å². The summed E-state index contributed by atoms with van der Waals surface area (Å²) in [6.45, 7) is 9.61. The minimum absolute atomic E-state index is 0. The molecule has 2 saturated heterocycles. The summed E-state index contributed by atoms with van der Waals surface area (Å²) in [7, 11) is -1.48. The number of halogens is 3. The predicted octanol–water partition coefficient (Wildman–Crippen LogP) is 11.3. The number of hydrogen-bond acceptors (Lipinski definition) is 11. The van der Waals surface area contributed by atoms with Crippen molar-refractivity contribution in [2.75, 3.05) is 36.0 Å². The first-order chi connectivity index (χ1) is 31.1. The fraction of sp³-hybridized carbons (Fsp3) is 0.380. The van der Waals surface area contributed by atoms with Crippen LogP contribution in [0.4, 0.5) is 15.1 Å². The molecule has 4 aliphatic rings. The van der Waals surface area contributed by atoms with E-state index in [4.69, 9.17) is 43.7 Å². The van der Waals surface area contributed by atoms with Crippen molar-refractivity contribution in [1.29, 1.82) is 0 Å².